The van der Waals surface area contributed by atoms with E-state index < -0.39 is 16.0 Å². The van der Waals surface area contributed by atoms with Gasteiger partial charge in [0, 0.05) is 31.6 Å². The van der Waals surface area contributed by atoms with Gasteiger partial charge in [0.15, 0.2) is 0 Å². The Balaban J connectivity index is 2.00. The average Bonchev–Trinajstić information content (AvgIpc) is 3.27. The van der Waals surface area contributed by atoms with Gasteiger partial charge in [-0.15, -0.1) is 11.3 Å². The third kappa shape index (κ3) is 3.50. The number of carboxylic acids is 1. The number of methoxy groups -OCH3 is 1. The quantitative estimate of drug-likeness (QED) is 0.708. The maximum absolute atomic E-state index is 13.1. The number of hydrogen-bond donors (Lipinski definition) is 2. The van der Waals surface area contributed by atoms with Gasteiger partial charge < -0.3 is 15.2 Å². The van der Waals surface area contributed by atoms with E-state index in [0.29, 0.717) is 44.1 Å². The fourth-order valence-corrected chi connectivity index (χ4v) is 6.42. The van der Waals surface area contributed by atoms with E-state index in [0.717, 1.165) is 29.1 Å². The lowest BCUT2D eigenvalue weighted by molar-refractivity contribution is 0.0692. The van der Waals surface area contributed by atoms with Gasteiger partial charge in [-0.3, -0.25) is 0 Å². The summed E-state index contributed by atoms with van der Waals surface area (Å²) in [5, 5.41) is 12.8. The average molecular weight is 374 g/mol. The fraction of sp³-hybridized carbons (Fsp3) is 0.667. The predicted octanol–water partition coefficient (Wildman–Crippen LogP) is 1.14. The van der Waals surface area contributed by atoms with Crippen molar-refractivity contribution < 1.29 is 23.1 Å². The van der Waals surface area contributed by atoms with E-state index in [-0.39, 0.29) is 16.3 Å². The lowest BCUT2D eigenvalue weighted by Crippen LogP contribution is -2.36. The zero-order valence-corrected chi connectivity index (χ0v) is 15.2. The Hall–Kier alpha value is -1.00. The number of carboxylic acid groups (broad SMARTS) is 1. The monoisotopic (exact) mass is 374 g/mol. The Morgan fingerprint density at radius 2 is 2.21 bits per heavy atom. The minimum absolute atomic E-state index is 0.0274. The molecule has 2 aliphatic rings. The lowest BCUT2D eigenvalue weighted by Gasteiger charge is -2.21. The molecule has 0 saturated heterocycles. The normalized spacial score (nSPS) is 17.9. The van der Waals surface area contributed by atoms with Crippen molar-refractivity contribution in [2.75, 3.05) is 33.4 Å². The van der Waals surface area contributed by atoms with Crippen molar-refractivity contribution in [3.8, 4) is 0 Å². The van der Waals surface area contributed by atoms with Crippen LogP contribution in [0.3, 0.4) is 0 Å². The second-order valence-electron chi connectivity index (χ2n) is 6.20. The molecule has 24 heavy (non-hydrogen) atoms. The molecule has 3 rings (SSSR count). The van der Waals surface area contributed by atoms with Crippen LogP contribution >= 0.6 is 11.3 Å². The van der Waals surface area contributed by atoms with Crippen molar-refractivity contribution in [1.82, 2.24) is 9.62 Å². The second kappa shape index (κ2) is 7.09. The van der Waals surface area contributed by atoms with Crippen LogP contribution in [0.1, 0.15) is 33.6 Å². The van der Waals surface area contributed by atoms with E-state index in [2.05, 4.69) is 5.32 Å². The van der Waals surface area contributed by atoms with Crippen molar-refractivity contribution in [1.29, 1.82) is 0 Å². The summed E-state index contributed by atoms with van der Waals surface area (Å²) in [4.78, 5) is 12.6. The third-order valence-electron chi connectivity index (χ3n) is 4.39. The van der Waals surface area contributed by atoms with Crippen LogP contribution in [0, 0.1) is 5.92 Å². The Labute approximate surface area is 145 Å². The van der Waals surface area contributed by atoms with Gasteiger partial charge in [-0.25, -0.2) is 13.2 Å². The maximum Gasteiger partial charge on any atom is 0.338 e. The molecule has 1 aromatic rings. The van der Waals surface area contributed by atoms with Crippen molar-refractivity contribution in [3.63, 3.8) is 0 Å². The minimum Gasteiger partial charge on any atom is -0.478 e. The number of sulfonamides is 1. The van der Waals surface area contributed by atoms with Crippen LogP contribution in [0.2, 0.25) is 0 Å². The number of hydrogen-bond acceptors (Lipinski definition) is 6. The summed E-state index contributed by atoms with van der Waals surface area (Å²) in [6, 6.07) is 0. The summed E-state index contributed by atoms with van der Waals surface area (Å²) in [7, 11) is -2.31. The van der Waals surface area contributed by atoms with E-state index in [1.165, 1.54) is 11.4 Å². The summed E-state index contributed by atoms with van der Waals surface area (Å²) in [5.74, 6) is -0.785. The highest BCUT2D eigenvalue weighted by Crippen LogP contribution is 2.38. The highest BCUT2D eigenvalue weighted by Gasteiger charge is 2.37. The number of nitrogens with zero attached hydrogens (tertiary/aromatic N) is 1. The molecule has 2 N–H and O–H groups in total. The number of nitrogens with one attached hydrogen (secondary N) is 1. The van der Waals surface area contributed by atoms with Gasteiger partial charge in [0.05, 0.1) is 12.2 Å². The molecule has 134 valence electrons. The standard InChI is InChI=1S/C15H22N2O5S2/c1-22-7-6-17(9-10-2-3-10)24(20,21)15-13(14(18)19)11-4-5-16-8-12(11)23-15/h10,16H,2-9H2,1H3,(H,18,19). The highest BCUT2D eigenvalue weighted by molar-refractivity contribution is 7.91. The van der Waals surface area contributed by atoms with Gasteiger partial charge in [-0.05, 0) is 37.3 Å². The number of rotatable bonds is 8. The summed E-state index contributed by atoms with van der Waals surface area (Å²) < 4.78 is 32.7. The smallest absolute Gasteiger partial charge is 0.338 e. The first kappa shape index (κ1) is 17.8. The van der Waals surface area contributed by atoms with Crippen LogP contribution in [-0.2, 0) is 27.7 Å². The van der Waals surface area contributed by atoms with Crippen molar-refractivity contribution in [2.24, 2.45) is 5.92 Å². The molecular formula is C15H22N2O5S2. The van der Waals surface area contributed by atoms with E-state index >= 15 is 0 Å². The van der Waals surface area contributed by atoms with Crippen LogP contribution in [0.25, 0.3) is 0 Å². The van der Waals surface area contributed by atoms with E-state index in [1.54, 1.807) is 0 Å². The molecule has 1 fully saturated rings. The number of ether oxygens (including phenoxy) is 1. The first-order valence-corrected chi connectivity index (χ1v) is 10.3. The zero-order chi connectivity index (χ0) is 17.3. The zero-order valence-electron chi connectivity index (χ0n) is 13.6. The molecule has 2 heterocycles. The summed E-state index contributed by atoms with van der Waals surface area (Å²) in [6.07, 6.45) is 2.59. The van der Waals surface area contributed by atoms with Gasteiger partial charge in [-0.1, -0.05) is 0 Å². The number of fused-ring (bicyclic) bond motifs is 1. The maximum atomic E-state index is 13.1. The highest BCUT2D eigenvalue weighted by atomic mass is 32.2. The van der Waals surface area contributed by atoms with Gasteiger partial charge >= 0.3 is 5.97 Å². The lowest BCUT2D eigenvalue weighted by atomic mass is 10.1. The van der Waals surface area contributed by atoms with Gasteiger partial charge in [-0.2, -0.15) is 4.31 Å². The third-order valence-corrected chi connectivity index (χ3v) is 7.98. The molecule has 0 radical (unpaired) electrons. The molecule has 0 unspecified atom stereocenters. The molecule has 1 aliphatic carbocycles. The topological polar surface area (TPSA) is 95.9 Å². The van der Waals surface area contributed by atoms with E-state index in [1.807, 2.05) is 0 Å². The van der Waals surface area contributed by atoms with E-state index in [9.17, 15) is 18.3 Å². The number of carbonyl (C=O) groups is 1. The Kier molecular flexibility index (Phi) is 5.26. The summed E-state index contributed by atoms with van der Waals surface area (Å²) in [6.45, 7) is 2.16. The molecule has 0 atom stereocenters. The molecule has 0 bridgehead atoms. The van der Waals surface area contributed by atoms with E-state index in [4.69, 9.17) is 4.74 Å². The van der Waals surface area contributed by atoms with Crippen molar-refractivity contribution in [2.45, 2.75) is 30.0 Å². The first-order valence-electron chi connectivity index (χ1n) is 8.02. The predicted molar refractivity (Wildman–Crippen MR) is 90.0 cm³/mol. The molecule has 0 amide bonds. The molecule has 0 spiro atoms. The van der Waals surface area contributed by atoms with Gasteiger partial charge in [0.1, 0.15) is 4.21 Å². The minimum atomic E-state index is -3.83. The van der Waals surface area contributed by atoms with Crippen LogP contribution in [0.4, 0.5) is 0 Å². The summed E-state index contributed by atoms with van der Waals surface area (Å²) >= 11 is 1.09. The summed E-state index contributed by atoms with van der Waals surface area (Å²) in [5.41, 5.74) is 0.637. The van der Waals surface area contributed by atoms with Gasteiger partial charge in [0.25, 0.3) is 10.0 Å². The molecule has 1 saturated carbocycles. The molecule has 1 aliphatic heterocycles. The largest absolute Gasteiger partial charge is 0.478 e. The van der Waals surface area contributed by atoms with Crippen LogP contribution in [-0.4, -0.2) is 57.1 Å². The van der Waals surface area contributed by atoms with Crippen molar-refractivity contribution in [3.05, 3.63) is 16.0 Å². The fourth-order valence-electron chi connectivity index (χ4n) is 2.92. The number of thiophene rings is 1. The molecule has 7 nitrogen and oxygen atoms in total. The molecule has 9 heteroatoms. The molecular weight excluding hydrogens is 352 g/mol. The Bertz CT molecular complexity index is 724. The van der Waals surface area contributed by atoms with Gasteiger partial charge in [0.2, 0.25) is 0 Å². The Morgan fingerprint density at radius 1 is 1.46 bits per heavy atom. The SMILES string of the molecule is COCCN(CC1CC1)S(=O)(=O)c1sc2c(c1C(=O)O)CCNC2. The Morgan fingerprint density at radius 3 is 2.83 bits per heavy atom. The number of aromatic carboxylic acids is 1. The van der Waals surface area contributed by atoms with Crippen molar-refractivity contribution >= 4 is 27.3 Å². The van der Waals surface area contributed by atoms with Crippen LogP contribution in [0.15, 0.2) is 4.21 Å². The first-order chi connectivity index (χ1) is 11.4. The van der Waals surface area contributed by atoms with Crippen LogP contribution in [0.5, 0.6) is 0 Å². The molecule has 1 aromatic heterocycles. The molecule has 0 aromatic carbocycles. The van der Waals surface area contributed by atoms with Crippen LogP contribution < -0.4 is 5.32 Å². The second-order valence-corrected chi connectivity index (χ2v) is 9.44.